The van der Waals surface area contributed by atoms with Gasteiger partial charge in [-0.15, -0.1) is 0 Å². The zero-order chi connectivity index (χ0) is 10.8. The van der Waals surface area contributed by atoms with Crippen molar-refractivity contribution in [2.45, 2.75) is 13.8 Å². The molecule has 0 fully saturated rings. The molecule has 6 nitrogen and oxygen atoms in total. The van der Waals surface area contributed by atoms with Gasteiger partial charge in [-0.2, -0.15) is 5.10 Å². The summed E-state index contributed by atoms with van der Waals surface area (Å²) in [4.78, 5) is 18.4. The second-order valence-electron chi connectivity index (χ2n) is 3.27. The first-order chi connectivity index (χ1) is 7.15. The predicted octanol–water partition coefficient (Wildman–Crippen LogP) is 1.00. The summed E-state index contributed by atoms with van der Waals surface area (Å²) in [6, 6.07) is 1.75. The summed E-state index contributed by atoms with van der Waals surface area (Å²) >= 11 is 0. The number of nitrogens with one attached hydrogen (secondary N) is 3. The number of hydrogen-bond acceptors (Lipinski definition) is 3. The fourth-order valence-corrected chi connectivity index (χ4v) is 1.20. The number of carbonyl (C=O) groups is 1. The molecule has 0 aliphatic heterocycles. The highest BCUT2D eigenvalue weighted by atomic mass is 16.2. The van der Waals surface area contributed by atoms with Gasteiger partial charge in [-0.3, -0.25) is 9.89 Å². The summed E-state index contributed by atoms with van der Waals surface area (Å²) in [7, 11) is 0. The molecule has 0 radical (unpaired) electrons. The van der Waals surface area contributed by atoms with Crippen LogP contribution >= 0.6 is 0 Å². The number of imidazole rings is 1. The second-order valence-corrected chi connectivity index (χ2v) is 3.27. The molecule has 3 N–H and O–H groups in total. The Hall–Kier alpha value is -2.11. The number of hydrogen-bond donors (Lipinski definition) is 3. The molecule has 2 aromatic rings. The summed E-state index contributed by atoms with van der Waals surface area (Å²) in [5.41, 5.74) is 1.32. The van der Waals surface area contributed by atoms with Crippen LogP contribution in [0, 0.1) is 13.8 Å². The Morgan fingerprint density at radius 2 is 2.27 bits per heavy atom. The average molecular weight is 205 g/mol. The Balaban J connectivity index is 2.10. The van der Waals surface area contributed by atoms with Crippen molar-refractivity contribution in [3.05, 3.63) is 29.5 Å². The minimum absolute atomic E-state index is 0.248. The van der Waals surface area contributed by atoms with Crippen molar-refractivity contribution >= 4 is 11.7 Å². The van der Waals surface area contributed by atoms with E-state index in [2.05, 4.69) is 25.5 Å². The van der Waals surface area contributed by atoms with Gasteiger partial charge in [0, 0.05) is 11.8 Å². The zero-order valence-corrected chi connectivity index (χ0v) is 8.46. The Kier molecular flexibility index (Phi) is 2.24. The first-order valence-corrected chi connectivity index (χ1v) is 4.50. The highest BCUT2D eigenvalue weighted by molar-refractivity contribution is 6.02. The van der Waals surface area contributed by atoms with Crippen LogP contribution in [0.4, 0.5) is 5.82 Å². The Morgan fingerprint density at radius 3 is 2.80 bits per heavy atom. The van der Waals surface area contributed by atoms with Gasteiger partial charge in [0.15, 0.2) is 5.82 Å². The molecular weight excluding hydrogens is 194 g/mol. The Labute approximate surface area is 86.1 Å². The molecule has 0 bridgehead atoms. The van der Waals surface area contributed by atoms with Crippen molar-refractivity contribution in [1.82, 2.24) is 20.2 Å². The van der Waals surface area contributed by atoms with E-state index in [1.54, 1.807) is 13.0 Å². The van der Waals surface area contributed by atoms with E-state index in [0.717, 1.165) is 5.69 Å². The van der Waals surface area contributed by atoms with Crippen molar-refractivity contribution < 1.29 is 4.79 Å². The standard InChI is InChI=1S/C9H11N5O/c1-5-3-8(14-13-5)12-9(15)7-4-10-6(2)11-7/h3-4H,1-2H3,(H,10,11)(H2,12,13,14,15). The minimum Gasteiger partial charge on any atom is -0.338 e. The lowest BCUT2D eigenvalue weighted by molar-refractivity contribution is 0.102. The summed E-state index contributed by atoms with van der Waals surface area (Å²) in [5, 5.41) is 9.28. The molecule has 0 aliphatic carbocycles. The van der Waals surface area contributed by atoms with Crippen LogP contribution in [-0.2, 0) is 0 Å². The molecule has 0 aliphatic rings. The van der Waals surface area contributed by atoms with E-state index >= 15 is 0 Å². The number of aromatic amines is 2. The number of nitrogens with zero attached hydrogens (tertiary/aromatic N) is 2. The fraction of sp³-hybridized carbons (Fsp3) is 0.222. The van der Waals surface area contributed by atoms with E-state index in [9.17, 15) is 4.79 Å². The molecule has 2 rings (SSSR count). The van der Waals surface area contributed by atoms with Gasteiger partial charge in [-0.1, -0.05) is 0 Å². The topological polar surface area (TPSA) is 86.5 Å². The fourth-order valence-electron chi connectivity index (χ4n) is 1.20. The Morgan fingerprint density at radius 1 is 1.47 bits per heavy atom. The van der Waals surface area contributed by atoms with Crippen molar-refractivity contribution in [3.63, 3.8) is 0 Å². The van der Waals surface area contributed by atoms with Gasteiger partial charge >= 0.3 is 0 Å². The van der Waals surface area contributed by atoms with Crippen LogP contribution in [0.25, 0.3) is 0 Å². The average Bonchev–Trinajstić information content (AvgIpc) is 2.75. The summed E-state index contributed by atoms with van der Waals surface area (Å²) in [5.74, 6) is 0.963. The molecule has 78 valence electrons. The van der Waals surface area contributed by atoms with Gasteiger partial charge in [0.25, 0.3) is 5.91 Å². The highest BCUT2D eigenvalue weighted by Crippen LogP contribution is 2.06. The first kappa shape index (κ1) is 9.45. The van der Waals surface area contributed by atoms with Crippen molar-refractivity contribution in [3.8, 4) is 0 Å². The molecule has 2 aromatic heterocycles. The number of amides is 1. The molecule has 0 saturated carbocycles. The number of aryl methyl sites for hydroxylation is 2. The van der Waals surface area contributed by atoms with E-state index in [-0.39, 0.29) is 5.91 Å². The third-order valence-electron chi connectivity index (χ3n) is 1.90. The highest BCUT2D eigenvalue weighted by Gasteiger charge is 2.09. The van der Waals surface area contributed by atoms with Gasteiger partial charge in [0.2, 0.25) is 0 Å². The van der Waals surface area contributed by atoms with Crippen molar-refractivity contribution in [1.29, 1.82) is 0 Å². The molecule has 0 aromatic carbocycles. The van der Waals surface area contributed by atoms with Crippen molar-refractivity contribution in [2.75, 3.05) is 5.32 Å². The van der Waals surface area contributed by atoms with Crippen LogP contribution in [0.5, 0.6) is 0 Å². The maximum Gasteiger partial charge on any atom is 0.274 e. The largest absolute Gasteiger partial charge is 0.338 e. The number of aromatic nitrogens is 4. The second kappa shape index (κ2) is 3.56. The maximum absolute atomic E-state index is 11.6. The van der Waals surface area contributed by atoms with E-state index < -0.39 is 0 Å². The number of anilines is 1. The van der Waals surface area contributed by atoms with Gasteiger partial charge in [0.05, 0.1) is 6.20 Å². The lowest BCUT2D eigenvalue weighted by Crippen LogP contribution is -2.12. The molecule has 1 amide bonds. The van der Waals surface area contributed by atoms with E-state index in [4.69, 9.17) is 0 Å². The van der Waals surface area contributed by atoms with Crippen LogP contribution in [0.2, 0.25) is 0 Å². The maximum atomic E-state index is 11.6. The number of H-pyrrole nitrogens is 2. The van der Waals surface area contributed by atoms with Crippen LogP contribution < -0.4 is 5.32 Å². The lowest BCUT2D eigenvalue weighted by Gasteiger charge is -1.97. The third kappa shape index (κ3) is 2.04. The number of carbonyl (C=O) groups excluding carboxylic acids is 1. The third-order valence-corrected chi connectivity index (χ3v) is 1.90. The van der Waals surface area contributed by atoms with Gasteiger partial charge in [-0.05, 0) is 13.8 Å². The smallest absolute Gasteiger partial charge is 0.274 e. The van der Waals surface area contributed by atoms with E-state index in [0.29, 0.717) is 17.3 Å². The first-order valence-electron chi connectivity index (χ1n) is 4.50. The quantitative estimate of drug-likeness (QED) is 0.683. The summed E-state index contributed by atoms with van der Waals surface area (Å²) in [6.07, 6.45) is 1.49. The van der Waals surface area contributed by atoms with Gasteiger partial charge in [-0.25, -0.2) is 4.98 Å². The molecule has 0 unspecified atom stereocenters. The van der Waals surface area contributed by atoms with Crippen LogP contribution in [0.3, 0.4) is 0 Å². The molecule has 0 atom stereocenters. The van der Waals surface area contributed by atoms with E-state index in [1.165, 1.54) is 6.20 Å². The van der Waals surface area contributed by atoms with Gasteiger partial charge in [0.1, 0.15) is 11.5 Å². The monoisotopic (exact) mass is 205 g/mol. The molecule has 2 heterocycles. The SMILES string of the molecule is Cc1cc(NC(=O)c2cnc(C)[nH]2)n[nH]1. The summed E-state index contributed by atoms with van der Waals surface area (Å²) < 4.78 is 0. The summed E-state index contributed by atoms with van der Waals surface area (Å²) in [6.45, 7) is 3.65. The lowest BCUT2D eigenvalue weighted by atomic mass is 10.4. The predicted molar refractivity (Wildman–Crippen MR) is 54.6 cm³/mol. The van der Waals surface area contributed by atoms with Crippen LogP contribution in [0.1, 0.15) is 22.0 Å². The molecule has 15 heavy (non-hydrogen) atoms. The van der Waals surface area contributed by atoms with Crippen LogP contribution in [0.15, 0.2) is 12.3 Å². The van der Waals surface area contributed by atoms with Gasteiger partial charge < -0.3 is 10.3 Å². The normalized spacial score (nSPS) is 10.3. The molecule has 6 heteroatoms. The Bertz CT molecular complexity index is 484. The molecular formula is C9H11N5O. The van der Waals surface area contributed by atoms with Crippen molar-refractivity contribution in [2.24, 2.45) is 0 Å². The minimum atomic E-state index is -0.248. The zero-order valence-electron chi connectivity index (χ0n) is 8.46. The molecule has 0 saturated heterocycles. The number of rotatable bonds is 2. The molecule has 0 spiro atoms. The van der Waals surface area contributed by atoms with Crippen LogP contribution in [-0.4, -0.2) is 26.1 Å². The van der Waals surface area contributed by atoms with E-state index in [1.807, 2.05) is 6.92 Å².